The molecule has 1 fully saturated rings. The lowest BCUT2D eigenvalue weighted by atomic mass is 9.99. The highest BCUT2D eigenvalue weighted by Gasteiger charge is 2.35. The van der Waals surface area contributed by atoms with E-state index in [1.54, 1.807) is 0 Å². The van der Waals surface area contributed by atoms with Gasteiger partial charge in [0.05, 0.1) is 6.10 Å². The molecule has 0 aromatic carbocycles. The topological polar surface area (TPSA) is 61.3 Å². The molecule has 0 amide bonds. The minimum Gasteiger partial charge on any atom is -0.390 e. The van der Waals surface area contributed by atoms with Crippen LogP contribution in [-0.4, -0.2) is 52.5 Å². The number of hydrogen-bond acceptors (Lipinski definition) is 6. The Morgan fingerprint density at radius 2 is 2.05 bits per heavy atom. The zero-order valence-corrected chi connectivity index (χ0v) is 12.5. The standard InChI is InChI=1S/C12H19F3N4OS/c1-8-2-4-19(5-3-8)7-9(20)6-16-11-18-17-10(21-11)12(13,14)15/h8-9,20H,2-7H2,1H3,(H,16,18)/t9-/m0/s1. The van der Waals surface area contributed by atoms with E-state index in [1.165, 1.54) is 0 Å². The van der Waals surface area contributed by atoms with Crippen molar-refractivity contribution in [1.82, 2.24) is 15.1 Å². The van der Waals surface area contributed by atoms with Crippen molar-refractivity contribution in [3.63, 3.8) is 0 Å². The molecule has 1 aromatic rings. The molecule has 2 rings (SSSR count). The number of likely N-dealkylation sites (tertiary alicyclic amines) is 1. The molecule has 0 radical (unpaired) electrons. The minimum absolute atomic E-state index is 0.0774. The number of β-amino-alcohol motifs (C(OH)–C–C–N with tert-alkyl or cyclic N) is 1. The van der Waals surface area contributed by atoms with Crippen molar-refractivity contribution in [3.8, 4) is 0 Å². The van der Waals surface area contributed by atoms with E-state index in [0.717, 1.165) is 31.8 Å². The lowest BCUT2D eigenvalue weighted by molar-refractivity contribution is -0.138. The van der Waals surface area contributed by atoms with Crippen LogP contribution in [0.4, 0.5) is 18.3 Å². The molecule has 0 unspecified atom stereocenters. The maximum Gasteiger partial charge on any atom is 0.445 e. The molecular formula is C12H19F3N4OS. The van der Waals surface area contributed by atoms with Crippen LogP contribution in [0.2, 0.25) is 0 Å². The van der Waals surface area contributed by atoms with Crippen molar-refractivity contribution in [2.75, 3.05) is 31.5 Å². The average molecular weight is 324 g/mol. The van der Waals surface area contributed by atoms with Gasteiger partial charge in [-0.25, -0.2) is 0 Å². The molecule has 1 atom stereocenters. The van der Waals surface area contributed by atoms with E-state index >= 15 is 0 Å². The molecule has 21 heavy (non-hydrogen) atoms. The Morgan fingerprint density at radius 1 is 1.38 bits per heavy atom. The minimum atomic E-state index is -4.47. The summed E-state index contributed by atoms with van der Waals surface area (Å²) in [6, 6.07) is 0. The number of nitrogens with zero attached hydrogens (tertiary/aromatic N) is 3. The maximum absolute atomic E-state index is 12.4. The van der Waals surface area contributed by atoms with Crippen molar-refractivity contribution in [3.05, 3.63) is 5.01 Å². The van der Waals surface area contributed by atoms with Gasteiger partial charge in [0.2, 0.25) is 10.1 Å². The van der Waals surface area contributed by atoms with E-state index in [0.29, 0.717) is 17.9 Å². The van der Waals surface area contributed by atoms with E-state index < -0.39 is 17.3 Å². The molecule has 0 aliphatic carbocycles. The number of aromatic nitrogens is 2. The van der Waals surface area contributed by atoms with Crippen molar-refractivity contribution in [1.29, 1.82) is 0 Å². The summed E-state index contributed by atoms with van der Waals surface area (Å²) in [4.78, 5) is 2.17. The molecule has 0 saturated carbocycles. The van der Waals surface area contributed by atoms with Crippen LogP contribution >= 0.6 is 11.3 Å². The summed E-state index contributed by atoms with van der Waals surface area (Å²) in [6.07, 6.45) is -2.88. The Hall–Kier alpha value is -0.930. The van der Waals surface area contributed by atoms with Gasteiger partial charge in [-0.05, 0) is 31.8 Å². The van der Waals surface area contributed by atoms with Crippen molar-refractivity contribution in [2.24, 2.45) is 5.92 Å². The first-order chi connectivity index (χ1) is 9.84. The second-order valence-corrected chi connectivity index (χ2v) is 6.41. The number of piperidine rings is 1. The van der Waals surface area contributed by atoms with Crippen LogP contribution in [0.5, 0.6) is 0 Å². The number of rotatable bonds is 5. The number of aliphatic hydroxyl groups excluding tert-OH is 1. The normalized spacial score (nSPS) is 19.7. The number of nitrogens with one attached hydrogen (secondary N) is 1. The fourth-order valence-electron chi connectivity index (χ4n) is 2.22. The highest BCUT2D eigenvalue weighted by Crippen LogP contribution is 2.32. The Bertz CT molecular complexity index is 446. The second kappa shape index (κ2) is 6.89. The first kappa shape index (κ1) is 16.4. The molecule has 0 spiro atoms. The van der Waals surface area contributed by atoms with Gasteiger partial charge in [-0.2, -0.15) is 13.2 Å². The van der Waals surface area contributed by atoms with Gasteiger partial charge in [-0.3, -0.25) is 0 Å². The van der Waals surface area contributed by atoms with Crippen LogP contribution < -0.4 is 5.32 Å². The summed E-state index contributed by atoms with van der Waals surface area (Å²) in [5.74, 6) is 0.721. The highest BCUT2D eigenvalue weighted by atomic mass is 32.1. The fourth-order valence-corrected chi connectivity index (χ4v) is 2.84. The predicted molar refractivity (Wildman–Crippen MR) is 74.2 cm³/mol. The first-order valence-electron chi connectivity index (χ1n) is 6.89. The molecule has 1 saturated heterocycles. The van der Waals surface area contributed by atoms with Crippen LogP contribution in [-0.2, 0) is 6.18 Å². The molecule has 2 N–H and O–H groups in total. The van der Waals surface area contributed by atoms with Crippen molar-refractivity contribution in [2.45, 2.75) is 32.0 Å². The summed E-state index contributed by atoms with van der Waals surface area (Å²) in [5.41, 5.74) is 0. The summed E-state index contributed by atoms with van der Waals surface area (Å²) in [7, 11) is 0. The van der Waals surface area contributed by atoms with E-state index in [1.807, 2.05) is 0 Å². The van der Waals surface area contributed by atoms with Gasteiger partial charge in [0.1, 0.15) is 0 Å². The second-order valence-electron chi connectivity index (χ2n) is 5.43. The zero-order chi connectivity index (χ0) is 15.5. The SMILES string of the molecule is CC1CCN(C[C@@H](O)CNc2nnc(C(F)(F)F)s2)CC1. The maximum atomic E-state index is 12.4. The van der Waals surface area contributed by atoms with Gasteiger partial charge in [0.25, 0.3) is 0 Å². The van der Waals surface area contributed by atoms with Gasteiger partial charge in [0, 0.05) is 13.1 Å². The molecule has 1 aliphatic rings. The van der Waals surface area contributed by atoms with E-state index in [9.17, 15) is 18.3 Å². The third-order valence-electron chi connectivity index (χ3n) is 3.50. The van der Waals surface area contributed by atoms with E-state index in [-0.39, 0.29) is 11.7 Å². The first-order valence-corrected chi connectivity index (χ1v) is 7.71. The molecule has 5 nitrogen and oxygen atoms in total. The molecule has 9 heteroatoms. The van der Waals surface area contributed by atoms with Crippen LogP contribution in [0.25, 0.3) is 0 Å². The van der Waals surface area contributed by atoms with Crippen molar-refractivity contribution >= 4 is 16.5 Å². The van der Waals surface area contributed by atoms with E-state index in [2.05, 4.69) is 27.3 Å². The van der Waals surface area contributed by atoms with Crippen LogP contribution in [0.15, 0.2) is 0 Å². The Morgan fingerprint density at radius 3 is 2.62 bits per heavy atom. The number of aliphatic hydroxyl groups is 1. The number of hydrogen-bond donors (Lipinski definition) is 2. The summed E-state index contributed by atoms with van der Waals surface area (Å²) < 4.78 is 37.1. The number of halogens is 3. The highest BCUT2D eigenvalue weighted by molar-refractivity contribution is 7.15. The number of alkyl halides is 3. The van der Waals surface area contributed by atoms with E-state index in [4.69, 9.17) is 0 Å². The van der Waals surface area contributed by atoms with Gasteiger partial charge < -0.3 is 15.3 Å². The van der Waals surface area contributed by atoms with Crippen LogP contribution in [0, 0.1) is 5.92 Å². The molecule has 1 aromatic heterocycles. The van der Waals surface area contributed by atoms with Gasteiger partial charge in [-0.1, -0.05) is 18.3 Å². The third-order valence-corrected chi connectivity index (χ3v) is 4.43. The molecule has 120 valence electrons. The monoisotopic (exact) mass is 324 g/mol. The Labute approximate surface area is 125 Å². The Kier molecular flexibility index (Phi) is 5.39. The molecular weight excluding hydrogens is 305 g/mol. The quantitative estimate of drug-likeness (QED) is 0.868. The predicted octanol–water partition coefficient (Wildman–Crippen LogP) is 2.06. The third kappa shape index (κ3) is 5.08. The lowest BCUT2D eigenvalue weighted by Gasteiger charge is -2.31. The van der Waals surface area contributed by atoms with Gasteiger partial charge in [-0.15, -0.1) is 10.2 Å². The molecule has 1 aliphatic heterocycles. The summed E-state index contributed by atoms with van der Waals surface area (Å²) in [6.45, 7) is 4.80. The van der Waals surface area contributed by atoms with Gasteiger partial charge >= 0.3 is 6.18 Å². The summed E-state index contributed by atoms with van der Waals surface area (Å²) in [5, 5.41) is 18.2. The molecule has 2 heterocycles. The smallest absolute Gasteiger partial charge is 0.390 e. The van der Waals surface area contributed by atoms with Crippen LogP contribution in [0.1, 0.15) is 24.8 Å². The fraction of sp³-hybridized carbons (Fsp3) is 0.833. The zero-order valence-electron chi connectivity index (χ0n) is 11.7. The number of anilines is 1. The van der Waals surface area contributed by atoms with Crippen molar-refractivity contribution < 1.29 is 18.3 Å². The van der Waals surface area contributed by atoms with Gasteiger partial charge in [0.15, 0.2) is 0 Å². The van der Waals surface area contributed by atoms with Crippen LogP contribution in [0.3, 0.4) is 0 Å². The summed E-state index contributed by atoms with van der Waals surface area (Å²) >= 11 is 0.445. The largest absolute Gasteiger partial charge is 0.445 e. The lowest BCUT2D eigenvalue weighted by Crippen LogP contribution is -2.40. The average Bonchev–Trinajstić information content (AvgIpc) is 2.88. The molecule has 0 bridgehead atoms. The Balaban J connectivity index is 1.73.